The van der Waals surface area contributed by atoms with Crippen LogP contribution in [0, 0.1) is 0 Å². The highest BCUT2D eigenvalue weighted by Gasteiger charge is 2.30. The second-order valence-corrected chi connectivity index (χ2v) is 8.99. The summed E-state index contributed by atoms with van der Waals surface area (Å²) in [5, 5.41) is 4.09. The molecule has 0 saturated heterocycles. The third-order valence-electron chi connectivity index (χ3n) is 6.71. The maximum atomic E-state index is 13.6. The molecule has 1 N–H and O–H groups in total. The number of carbonyl (C=O) groups is 1. The van der Waals surface area contributed by atoms with Gasteiger partial charge in [0.2, 0.25) is 6.79 Å². The van der Waals surface area contributed by atoms with E-state index in [1.54, 1.807) is 0 Å². The quantitative estimate of drug-likeness (QED) is 0.406. The Labute approximate surface area is 203 Å². The van der Waals surface area contributed by atoms with Gasteiger partial charge in [-0.15, -0.1) is 0 Å². The molecule has 2 atom stereocenters. The fourth-order valence-electron chi connectivity index (χ4n) is 4.88. The van der Waals surface area contributed by atoms with Crippen molar-refractivity contribution >= 4 is 16.8 Å². The van der Waals surface area contributed by atoms with E-state index in [2.05, 4.69) is 17.4 Å². The maximum absolute atomic E-state index is 13.6. The Morgan fingerprint density at radius 1 is 0.943 bits per heavy atom. The van der Waals surface area contributed by atoms with Gasteiger partial charge < -0.3 is 19.5 Å². The molecule has 6 rings (SSSR count). The van der Waals surface area contributed by atoms with E-state index < -0.39 is 0 Å². The van der Waals surface area contributed by atoms with Crippen molar-refractivity contribution in [2.24, 2.45) is 0 Å². The average Bonchev–Trinajstić information content (AvgIpc) is 3.56. The number of carbonyl (C=O) groups excluding carboxylic acids is 1. The van der Waals surface area contributed by atoms with Crippen LogP contribution in [0.15, 0.2) is 78.9 Å². The van der Waals surface area contributed by atoms with E-state index in [0.717, 1.165) is 52.7 Å². The number of pyridine rings is 1. The zero-order valence-corrected chi connectivity index (χ0v) is 19.3. The second kappa shape index (κ2) is 9.39. The van der Waals surface area contributed by atoms with E-state index in [1.807, 2.05) is 66.7 Å². The minimum atomic E-state index is -0.106. The lowest BCUT2D eigenvalue weighted by Gasteiger charge is -2.22. The average molecular weight is 467 g/mol. The molecule has 1 aliphatic carbocycles. The molecular weight excluding hydrogens is 440 g/mol. The molecule has 6 heteroatoms. The number of nitrogens with one attached hydrogen (secondary N) is 1. The van der Waals surface area contributed by atoms with Gasteiger partial charge in [-0.05, 0) is 55.2 Å². The zero-order valence-electron chi connectivity index (χ0n) is 19.3. The molecule has 2 heterocycles. The highest BCUT2D eigenvalue weighted by molar-refractivity contribution is 6.07. The molecule has 1 saturated carbocycles. The van der Waals surface area contributed by atoms with Crippen LogP contribution in [0.2, 0.25) is 0 Å². The topological polar surface area (TPSA) is 69.7 Å². The number of rotatable bonds is 6. The van der Waals surface area contributed by atoms with Crippen molar-refractivity contribution in [3.63, 3.8) is 0 Å². The highest BCUT2D eigenvalue weighted by Crippen LogP contribution is 2.36. The summed E-state index contributed by atoms with van der Waals surface area (Å²) >= 11 is 0. The first-order chi connectivity index (χ1) is 17.2. The molecule has 6 nitrogen and oxygen atoms in total. The highest BCUT2D eigenvalue weighted by atomic mass is 16.7. The predicted octanol–water partition coefficient (Wildman–Crippen LogP) is 5.50. The lowest BCUT2D eigenvalue weighted by atomic mass is 10.0. The van der Waals surface area contributed by atoms with Gasteiger partial charge in [-0.3, -0.25) is 4.79 Å². The Morgan fingerprint density at radius 2 is 1.77 bits per heavy atom. The van der Waals surface area contributed by atoms with Gasteiger partial charge in [-0.1, -0.05) is 48.5 Å². The van der Waals surface area contributed by atoms with Crippen molar-refractivity contribution in [1.82, 2.24) is 10.3 Å². The molecule has 0 bridgehead atoms. The van der Waals surface area contributed by atoms with Crippen LogP contribution in [-0.2, 0) is 11.3 Å². The lowest BCUT2D eigenvalue weighted by Crippen LogP contribution is -2.41. The van der Waals surface area contributed by atoms with Gasteiger partial charge >= 0.3 is 0 Å². The van der Waals surface area contributed by atoms with E-state index in [0.29, 0.717) is 17.9 Å². The van der Waals surface area contributed by atoms with Gasteiger partial charge in [0.1, 0.15) is 0 Å². The van der Waals surface area contributed by atoms with Crippen molar-refractivity contribution in [3.8, 4) is 22.8 Å². The summed E-state index contributed by atoms with van der Waals surface area (Å²) in [4.78, 5) is 18.4. The van der Waals surface area contributed by atoms with Crippen LogP contribution in [-0.4, -0.2) is 29.8 Å². The van der Waals surface area contributed by atoms with Gasteiger partial charge in [-0.25, -0.2) is 4.98 Å². The van der Waals surface area contributed by atoms with Crippen LogP contribution < -0.4 is 14.8 Å². The van der Waals surface area contributed by atoms with Crippen molar-refractivity contribution in [2.45, 2.75) is 38.0 Å². The van der Waals surface area contributed by atoms with Gasteiger partial charge in [0.05, 0.1) is 35.5 Å². The molecule has 176 valence electrons. The molecular formula is C29H26N2O4. The first kappa shape index (κ1) is 21.6. The molecule has 0 spiro atoms. The molecule has 4 aromatic rings. The summed E-state index contributed by atoms with van der Waals surface area (Å²) in [5.74, 6) is 1.30. The van der Waals surface area contributed by atoms with Gasteiger partial charge in [0.15, 0.2) is 11.5 Å². The van der Waals surface area contributed by atoms with E-state index in [9.17, 15) is 4.79 Å². The maximum Gasteiger partial charge on any atom is 0.252 e. The number of para-hydroxylation sites is 1. The van der Waals surface area contributed by atoms with Crippen LogP contribution in [0.4, 0.5) is 0 Å². The molecule has 3 aromatic carbocycles. The first-order valence-electron chi connectivity index (χ1n) is 12.0. The third-order valence-corrected chi connectivity index (χ3v) is 6.71. The Bertz CT molecular complexity index is 1370. The van der Waals surface area contributed by atoms with Crippen LogP contribution in [0.25, 0.3) is 22.2 Å². The van der Waals surface area contributed by atoms with Crippen molar-refractivity contribution in [1.29, 1.82) is 0 Å². The molecule has 2 aliphatic rings. The Balaban J connectivity index is 1.26. The number of benzene rings is 3. The molecule has 1 amide bonds. The minimum Gasteiger partial charge on any atom is -0.454 e. The molecule has 1 aliphatic heterocycles. The molecule has 0 unspecified atom stereocenters. The van der Waals surface area contributed by atoms with E-state index in [1.165, 1.54) is 0 Å². The Kier molecular flexibility index (Phi) is 5.80. The minimum absolute atomic E-state index is 0.000544. The SMILES string of the molecule is O=C(N[C@H]1CCC[C@@H]1OCc1ccccc1)c1cc(-c2ccc3c(c2)OCO3)nc2ccccc12. The number of ether oxygens (including phenoxy) is 3. The summed E-state index contributed by atoms with van der Waals surface area (Å²) in [6.07, 6.45) is 2.88. The predicted molar refractivity (Wildman–Crippen MR) is 133 cm³/mol. The number of nitrogens with zero attached hydrogens (tertiary/aromatic N) is 1. The monoisotopic (exact) mass is 466 g/mol. The normalized spacial score (nSPS) is 18.6. The van der Waals surface area contributed by atoms with Gasteiger partial charge in [0.25, 0.3) is 5.91 Å². The second-order valence-electron chi connectivity index (χ2n) is 8.99. The van der Waals surface area contributed by atoms with Gasteiger partial charge in [0, 0.05) is 10.9 Å². The van der Waals surface area contributed by atoms with Crippen molar-refractivity contribution in [3.05, 3.63) is 90.0 Å². The zero-order chi connectivity index (χ0) is 23.6. The standard InChI is InChI=1S/C29H26N2O4/c32-29(31-24-11-6-12-26(24)33-17-19-7-2-1-3-8-19)22-16-25(30-23-10-5-4-9-21(22)23)20-13-14-27-28(15-20)35-18-34-27/h1-5,7-10,13-16,24,26H,6,11-12,17-18H2,(H,31,32)/t24-,26-/m0/s1. The van der Waals surface area contributed by atoms with Gasteiger partial charge in [-0.2, -0.15) is 0 Å². The summed E-state index contributed by atoms with van der Waals surface area (Å²) in [6, 6.07) is 25.5. The van der Waals surface area contributed by atoms with Crippen LogP contribution >= 0.6 is 0 Å². The molecule has 35 heavy (non-hydrogen) atoms. The fraction of sp³-hybridized carbons (Fsp3) is 0.241. The van der Waals surface area contributed by atoms with Crippen LogP contribution in [0.3, 0.4) is 0 Å². The molecule has 0 radical (unpaired) electrons. The number of hydrogen-bond donors (Lipinski definition) is 1. The van der Waals surface area contributed by atoms with Crippen molar-refractivity contribution < 1.29 is 19.0 Å². The first-order valence-corrected chi connectivity index (χ1v) is 12.0. The number of fused-ring (bicyclic) bond motifs is 2. The fourth-order valence-corrected chi connectivity index (χ4v) is 4.88. The van der Waals surface area contributed by atoms with E-state index in [-0.39, 0.29) is 24.8 Å². The summed E-state index contributed by atoms with van der Waals surface area (Å²) in [6.45, 7) is 0.761. The number of aromatic nitrogens is 1. The third kappa shape index (κ3) is 4.45. The summed E-state index contributed by atoms with van der Waals surface area (Å²) < 4.78 is 17.2. The number of amides is 1. The van der Waals surface area contributed by atoms with Crippen LogP contribution in [0.5, 0.6) is 11.5 Å². The van der Waals surface area contributed by atoms with E-state index >= 15 is 0 Å². The molecule has 1 aromatic heterocycles. The number of hydrogen-bond acceptors (Lipinski definition) is 5. The Morgan fingerprint density at radius 3 is 2.69 bits per heavy atom. The lowest BCUT2D eigenvalue weighted by molar-refractivity contribution is 0.0272. The Hall–Kier alpha value is -3.90. The summed E-state index contributed by atoms with van der Waals surface area (Å²) in [7, 11) is 0. The molecule has 1 fully saturated rings. The van der Waals surface area contributed by atoms with E-state index in [4.69, 9.17) is 19.2 Å². The smallest absolute Gasteiger partial charge is 0.252 e. The van der Waals surface area contributed by atoms with Crippen molar-refractivity contribution in [2.75, 3.05) is 6.79 Å². The largest absolute Gasteiger partial charge is 0.454 e. The summed E-state index contributed by atoms with van der Waals surface area (Å²) in [5.41, 5.74) is 4.11. The van der Waals surface area contributed by atoms with Crippen LogP contribution in [0.1, 0.15) is 35.2 Å².